The van der Waals surface area contributed by atoms with Crippen molar-refractivity contribution in [1.82, 2.24) is 10.3 Å². The van der Waals surface area contributed by atoms with Crippen molar-refractivity contribution >= 4 is 73.7 Å². The van der Waals surface area contributed by atoms with Crippen LogP contribution >= 0.6 is 46.8 Å². The summed E-state index contributed by atoms with van der Waals surface area (Å²) in [6, 6.07) is 24.0. The lowest BCUT2D eigenvalue weighted by Gasteiger charge is -2.11. The molecule has 1 amide bonds. The van der Waals surface area contributed by atoms with Crippen LogP contribution in [0.15, 0.2) is 83.3 Å². The third kappa shape index (κ3) is 4.69. The normalized spacial score (nSPS) is 10.9. The average Bonchev–Trinajstić information content (AvgIpc) is 3.49. The molecule has 2 N–H and O–H groups in total. The van der Waals surface area contributed by atoms with E-state index in [1.54, 1.807) is 41.7 Å². The molecule has 3 aromatic carbocycles. The first-order valence-electron chi connectivity index (χ1n) is 10.1. The molecule has 2 aromatic heterocycles. The average molecular weight is 524 g/mol. The molecule has 5 aromatic rings. The zero-order chi connectivity index (χ0) is 23.7. The number of hydrogen-bond donors (Lipinski definition) is 2. The Bertz CT molecular complexity index is 1510. The highest BCUT2D eigenvalue weighted by atomic mass is 35.5. The number of thiazole rings is 1. The molecule has 0 atom stereocenters. The van der Waals surface area contributed by atoms with Crippen molar-refractivity contribution in [3.05, 3.63) is 94.7 Å². The van der Waals surface area contributed by atoms with E-state index >= 15 is 0 Å². The highest BCUT2D eigenvalue weighted by molar-refractivity contribution is 7.80. The summed E-state index contributed by atoms with van der Waals surface area (Å²) in [6.45, 7) is 0. The minimum absolute atomic E-state index is 0.115. The van der Waals surface area contributed by atoms with E-state index in [1.807, 2.05) is 48.5 Å². The van der Waals surface area contributed by atoms with Gasteiger partial charge in [0.15, 0.2) is 10.9 Å². The SMILES string of the molecule is O=C(NC(=S)Nc1ccccc1-c1nc2ccccc2s1)c1ccc(-c2ccc(Cl)c(Cl)c2)o1. The zero-order valence-corrected chi connectivity index (χ0v) is 20.5. The lowest BCUT2D eigenvalue weighted by molar-refractivity contribution is 0.0951. The molecule has 5 rings (SSSR count). The smallest absolute Gasteiger partial charge is 0.293 e. The topological polar surface area (TPSA) is 67.2 Å². The van der Waals surface area contributed by atoms with Crippen LogP contribution in [0.2, 0.25) is 10.0 Å². The van der Waals surface area contributed by atoms with Gasteiger partial charge in [0.05, 0.1) is 25.9 Å². The highest BCUT2D eigenvalue weighted by Crippen LogP contribution is 2.34. The van der Waals surface area contributed by atoms with E-state index in [-0.39, 0.29) is 10.9 Å². The van der Waals surface area contributed by atoms with Crippen molar-refractivity contribution in [2.45, 2.75) is 0 Å². The Balaban J connectivity index is 1.31. The van der Waals surface area contributed by atoms with Crippen LogP contribution in [0.25, 0.3) is 32.1 Å². The van der Waals surface area contributed by atoms with Gasteiger partial charge in [0.2, 0.25) is 0 Å². The number of fused-ring (bicyclic) bond motifs is 1. The molecule has 0 fully saturated rings. The van der Waals surface area contributed by atoms with Crippen LogP contribution in [0, 0.1) is 0 Å². The van der Waals surface area contributed by atoms with E-state index in [1.165, 1.54) is 0 Å². The summed E-state index contributed by atoms with van der Waals surface area (Å²) >= 11 is 19.0. The first-order chi connectivity index (χ1) is 16.5. The van der Waals surface area contributed by atoms with Crippen LogP contribution in [-0.4, -0.2) is 16.0 Å². The van der Waals surface area contributed by atoms with Gasteiger partial charge in [0.1, 0.15) is 10.8 Å². The van der Waals surface area contributed by atoms with Crippen molar-refractivity contribution < 1.29 is 9.21 Å². The molecule has 0 aliphatic heterocycles. The van der Waals surface area contributed by atoms with E-state index in [9.17, 15) is 4.79 Å². The fraction of sp³-hybridized carbons (Fsp3) is 0. The number of para-hydroxylation sites is 2. The summed E-state index contributed by atoms with van der Waals surface area (Å²) in [5.74, 6) is 0.134. The molecule has 2 heterocycles. The number of benzene rings is 3. The standard InChI is InChI=1S/C25H15Cl2N3O2S2/c26-16-10-9-14(13-17(16)27)20-11-12-21(32-20)23(31)30-25(33)29-18-6-2-1-5-15(18)24-28-19-7-3-4-8-22(19)34-24/h1-13H,(H2,29,30,31,33). The van der Waals surface area contributed by atoms with E-state index in [0.29, 0.717) is 21.4 Å². The predicted octanol–water partition coefficient (Wildman–Crippen LogP) is 7.66. The number of aromatic nitrogens is 1. The number of furan rings is 1. The summed E-state index contributed by atoms with van der Waals surface area (Å²) in [7, 11) is 0. The number of amides is 1. The van der Waals surface area contributed by atoms with Gasteiger partial charge in [0, 0.05) is 11.1 Å². The molecule has 0 radical (unpaired) electrons. The van der Waals surface area contributed by atoms with Gasteiger partial charge in [-0.25, -0.2) is 4.98 Å². The van der Waals surface area contributed by atoms with E-state index < -0.39 is 5.91 Å². The maximum Gasteiger partial charge on any atom is 0.293 e. The molecule has 168 valence electrons. The summed E-state index contributed by atoms with van der Waals surface area (Å²) in [5.41, 5.74) is 3.27. The molecule has 34 heavy (non-hydrogen) atoms. The number of nitrogens with zero attached hydrogens (tertiary/aromatic N) is 1. The minimum Gasteiger partial charge on any atom is -0.451 e. The van der Waals surface area contributed by atoms with Crippen molar-refractivity contribution in [2.75, 3.05) is 5.32 Å². The van der Waals surface area contributed by atoms with Crippen LogP contribution in [0.4, 0.5) is 5.69 Å². The maximum atomic E-state index is 12.7. The van der Waals surface area contributed by atoms with Gasteiger partial charge in [0.25, 0.3) is 5.91 Å². The van der Waals surface area contributed by atoms with E-state index in [4.69, 9.17) is 44.8 Å². The fourth-order valence-corrected chi connectivity index (χ4v) is 4.85. The Hall–Kier alpha value is -3.23. The van der Waals surface area contributed by atoms with Gasteiger partial charge in [-0.15, -0.1) is 11.3 Å². The summed E-state index contributed by atoms with van der Waals surface area (Å²) in [4.78, 5) is 17.4. The van der Waals surface area contributed by atoms with Crippen molar-refractivity contribution in [3.63, 3.8) is 0 Å². The first-order valence-corrected chi connectivity index (χ1v) is 12.1. The van der Waals surface area contributed by atoms with Crippen LogP contribution in [0.1, 0.15) is 10.6 Å². The molecule has 0 spiro atoms. The number of rotatable bonds is 4. The van der Waals surface area contributed by atoms with Gasteiger partial charge < -0.3 is 9.73 Å². The monoisotopic (exact) mass is 523 g/mol. The first kappa shape index (κ1) is 22.6. The maximum absolute atomic E-state index is 12.7. The van der Waals surface area contributed by atoms with Crippen molar-refractivity contribution in [2.24, 2.45) is 0 Å². The minimum atomic E-state index is -0.471. The molecular weight excluding hydrogens is 509 g/mol. The van der Waals surface area contributed by atoms with E-state index in [2.05, 4.69) is 10.6 Å². The van der Waals surface area contributed by atoms with E-state index in [0.717, 1.165) is 26.5 Å². The molecule has 9 heteroatoms. The Labute approximate surface area is 214 Å². The number of halogens is 2. The molecule has 0 unspecified atom stereocenters. The van der Waals surface area contributed by atoms with Crippen LogP contribution < -0.4 is 10.6 Å². The largest absolute Gasteiger partial charge is 0.451 e. The number of anilines is 1. The summed E-state index contributed by atoms with van der Waals surface area (Å²) in [5, 5.41) is 7.60. The molecule has 0 bridgehead atoms. The lowest BCUT2D eigenvalue weighted by atomic mass is 10.2. The second-order valence-corrected chi connectivity index (χ2v) is 9.49. The van der Waals surface area contributed by atoms with Gasteiger partial charge in [-0.3, -0.25) is 10.1 Å². The second kappa shape index (κ2) is 9.56. The summed E-state index contributed by atoms with van der Waals surface area (Å²) < 4.78 is 6.79. The van der Waals surface area contributed by atoms with Gasteiger partial charge in [-0.05, 0) is 66.8 Å². The summed E-state index contributed by atoms with van der Waals surface area (Å²) in [6.07, 6.45) is 0. The van der Waals surface area contributed by atoms with Gasteiger partial charge >= 0.3 is 0 Å². The van der Waals surface area contributed by atoms with Crippen LogP contribution in [-0.2, 0) is 0 Å². The lowest BCUT2D eigenvalue weighted by Crippen LogP contribution is -2.34. The quantitative estimate of drug-likeness (QED) is 0.236. The van der Waals surface area contributed by atoms with Crippen molar-refractivity contribution in [3.8, 4) is 21.9 Å². The van der Waals surface area contributed by atoms with Gasteiger partial charge in [-0.1, -0.05) is 47.5 Å². The van der Waals surface area contributed by atoms with Crippen LogP contribution in [0.5, 0.6) is 0 Å². The predicted molar refractivity (Wildman–Crippen MR) is 143 cm³/mol. The number of carbonyl (C=O) groups is 1. The third-order valence-corrected chi connectivity index (χ3v) is 6.97. The van der Waals surface area contributed by atoms with Crippen LogP contribution in [0.3, 0.4) is 0 Å². The van der Waals surface area contributed by atoms with Gasteiger partial charge in [-0.2, -0.15) is 0 Å². The zero-order valence-electron chi connectivity index (χ0n) is 17.3. The Kier molecular flexibility index (Phi) is 6.34. The molecule has 0 saturated heterocycles. The number of carbonyl (C=O) groups excluding carboxylic acids is 1. The molecule has 5 nitrogen and oxygen atoms in total. The molecular formula is C25H15Cl2N3O2S2. The third-order valence-electron chi connectivity index (χ3n) is 4.96. The molecule has 0 aliphatic rings. The fourth-order valence-electron chi connectivity index (χ4n) is 3.35. The number of nitrogens with one attached hydrogen (secondary N) is 2. The Morgan fingerprint density at radius 3 is 2.56 bits per heavy atom. The number of thiocarbonyl (C=S) groups is 1. The number of hydrogen-bond acceptors (Lipinski definition) is 5. The van der Waals surface area contributed by atoms with Crippen molar-refractivity contribution in [1.29, 1.82) is 0 Å². The highest BCUT2D eigenvalue weighted by Gasteiger charge is 2.16. The molecule has 0 aliphatic carbocycles. The molecule has 0 saturated carbocycles. The Morgan fingerprint density at radius 2 is 1.74 bits per heavy atom. The second-order valence-electron chi connectivity index (χ2n) is 7.23. The Morgan fingerprint density at radius 1 is 0.941 bits per heavy atom.